The predicted octanol–water partition coefficient (Wildman–Crippen LogP) is 3.41. The van der Waals surface area contributed by atoms with Gasteiger partial charge in [0.15, 0.2) is 11.4 Å². The molecule has 0 atom stereocenters. The van der Waals surface area contributed by atoms with E-state index in [1.807, 2.05) is 13.8 Å². The number of halogens is 1. The van der Waals surface area contributed by atoms with Crippen LogP contribution < -0.4 is 0 Å². The van der Waals surface area contributed by atoms with Crippen molar-refractivity contribution in [1.82, 2.24) is 4.98 Å². The number of carbonyl (C=O) groups excluding carboxylic acids is 1. The lowest BCUT2D eigenvalue weighted by atomic mass is 10.1. The SMILES string of the molecule is CC.COC(=O)c1ncc2ccc(Cl)cc2c1O. The van der Waals surface area contributed by atoms with Crippen molar-refractivity contribution in [2.24, 2.45) is 0 Å². The van der Waals surface area contributed by atoms with Gasteiger partial charge in [-0.1, -0.05) is 31.5 Å². The summed E-state index contributed by atoms with van der Waals surface area (Å²) in [5.74, 6) is -0.897. The first-order chi connectivity index (χ1) is 8.63. The minimum Gasteiger partial charge on any atom is -0.505 e. The van der Waals surface area contributed by atoms with Crippen molar-refractivity contribution in [3.63, 3.8) is 0 Å². The lowest BCUT2D eigenvalue weighted by molar-refractivity contribution is 0.0591. The zero-order valence-corrected chi connectivity index (χ0v) is 11.2. The van der Waals surface area contributed by atoms with Gasteiger partial charge in [-0.3, -0.25) is 0 Å². The molecule has 0 aliphatic rings. The second kappa shape index (κ2) is 6.21. The van der Waals surface area contributed by atoms with Crippen LogP contribution in [0.4, 0.5) is 0 Å². The highest BCUT2D eigenvalue weighted by molar-refractivity contribution is 6.31. The summed E-state index contributed by atoms with van der Waals surface area (Å²) in [4.78, 5) is 15.1. The van der Waals surface area contributed by atoms with Gasteiger partial charge in [-0.05, 0) is 12.1 Å². The van der Waals surface area contributed by atoms with Crippen LogP contribution in [0.1, 0.15) is 24.3 Å². The number of benzene rings is 1. The molecule has 0 fully saturated rings. The Hall–Kier alpha value is -1.81. The second-order valence-electron chi connectivity index (χ2n) is 3.18. The van der Waals surface area contributed by atoms with Gasteiger partial charge in [-0.2, -0.15) is 0 Å². The van der Waals surface area contributed by atoms with Crippen LogP contribution in [0.2, 0.25) is 5.02 Å². The van der Waals surface area contributed by atoms with E-state index in [0.29, 0.717) is 15.8 Å². The summed E-state index contributed by atoms with van der Waals surface area (Å²) in [6.07, 6.45) is 1.48. The summed E-state index contributed by atoms with van der Waals surface area (Å²) in [6.45, 7) is 4.00. The third-order valence-corrected chi connectivity index (χ3v) is 2.44. The molecule has 2 aromatic rings. The number of pyridine rings is 1. The van der Waals surface area contributed by atoms with Crippen molar-refractivity contribution in [3.8, 4) is 5.75 Å². The number of methoxy groups -OCH3 is 1. The molecule has 18 heavy (non-hydrogen) atoms. The molecule has 1 heterocycles. The maximum atomic E-state index is 11.3. The molecule has 0 bridgehead atoms. The number of fused-ring (bicyclic) bond motifs is 1. The third-order valence-electron chi connectivity index (χ3n) is 2.21. The average Bonchev–Trinajstić information content (AvgIpc) is 2.41. The number of nitrogens with zero attached hydrogens (tertiary/aromatic N) is 1. The normalized spacial score (nSPS) is 9.56. The Morgan fingerprint density at radius 3 is 2.67 bits per heavy atom. The summed E-state index contributed by atoms with van der Waals surface area (Å²) >= 11 is 5.81. The second-order valence-corrected chi connectivity index (χ2v) is 3.62. The van der Waals surface area contributed by atoms with Crippen molar-refractivity contribution >= 4 is 28.3 Å². The van der Waals surface area contributed by atoms with Crippen molar-refractivity contribution in [2.75, 3.05) is 7.11 Å². The molecule has 0 amide bonds. The number of esters is 1. The first-order valence-corrected chi connectivity index (χ1v) is 5.87. The maximum absolute atomic E-state index is 11.3. The van der Waals surface area contributed by atoms with Gasteiger partial charge in [0.1, 0.15) is 0 Å². The van der Waals surface area contributed by atoms with Crippen LogP contribution in [0.3, 0.4) is 0 Å². The Bertz CT molecular complexity index is 569. The van der Waals surface area contributed by atoms with Crippen molar-refractivity contribution < 1.29 is 14.6 Å². The van der Waals surface area contributed by atoms with E-state index in [0.717, 1.165) is 0 Å². The molecule has 2 rings (SSSR count). The van der Waals surface area contributed by atoms with E-state index in [4.69, 9.17) is 11.6 Å². The monoisotopic (exact) mass is 267 g/mol. The molecule has 5 heteroatoms. The zero-order valence-electron chi connectivity index (χ0n) is 10.4. The molecule has 0 saturated carbocycles. The molecule has 0 radical (unpaired) electrons. The fourth-order valence-corrected chi connectivity index (χ4v) is 1.59. The Morgan fingerprint density at radius 1 is 1.39 bits per heavy atom. The maximum Gasteiger partial charge on any atom is 0.360 e. The Kier molecular flexibility index (Phi) is 4.92. The molecule has 1 aromatic heterocycles. The van der Waals surface area contributed by atoms with Gasteiger partial charge < -0.3 is 9.84 Å². The van der Waals surface area contributed by atoms with Crippen LogP contribution >= 0.6 is 11.6 Å². The van der Waals surface area contributed by atoms with E-state index in [1.165, 1.54) is 13.3 Å². The summed E-state index contributed by atoms with van der Waals surface area (Å²) in [5, 5.41) is 11.5. The quantitative estimate of drug-likeness (QED) is 0.805. The summed E-state index contributed by atoms with van der Waals surface area (Å²) in [5.41, 5.74) is -0.114. The van der Waals surface area contributed by atoms with Gasteiger partial charge in [0, 0.05) is 22.0 Å². The fourth-order valence-electron chi connectivity index (χ4n) is 1.42. The molecule has 1 aromatic carbocycles. The highest BCUT2D eigenvalue weighted by atomic mass is 35.5. The fraction of sp³-hybridized carbons (Fsp3) is 0.231. The number of hydrogen-bond acceptors (Lipinski definition) is 4. The molecule has 4 nitrogen and oxygen atoms in total. The van der Waals surface area contributed by atoms with Crippen LogP contribution in [0.15, 0.2) is 24.4 Å². The van der Waals surface area contributed by atoms with E-state index >= 15 is 0 Å². The van der Waals surface area contributed by atoms with Gasteiger partial charge in [0.2, 0.25) is 0 Å². The molecule has 1 N–H and O–H groups in total. The van der Waals surface area contributed by atoms with Crippen LogP contribution in [0, 0.1) is 0 Å². The van der Waals surface area contributed by atoms with E-state index in [9.17, 15) is 9.90 Å². The Morgan fingerprint density at radius 2 is 2.06 bits per heavy atom. The number of hydrogen-bond donors (Lipinski definition) is 1. The van der Waals surface area contributed by atoms with Gasteiger partial charge >= 0.3 is 5.97 Å². The Balaban J connectivity index is 0.000000771. The van der Waals surface area contributed by atoms with Crippen LogP contribution in [0.5, 0.6) is 5.75 Å². The molecule has 0 spiro atoms. The zero-order chi connectivity index (χ0) is 13.7. The van der Waals surface area contributed by atoms with Gasteiger partial charge in [0.25, 0.3) is 0 Å². The number of aromatic hydroxyl groups is 1. The summed E-state index contributed by atoms with van der Waals surface area (Å²) < 4.78 is 4.50. The minimum absolute atomic E-state index is 0.114. The minimum atomic E-state index is -0.681. The number of rotatable bonds is 1. The first kappa shape index (κ1) is 14.3. The topological polar surface area (TPSA) is 59.4 Å². The molecule has 0 aliphatic carbocycles. The third kappa shape index (κ3) is 2.71. The molecule has 0 unspecified atom stereocenters. The average molecular weight is 268 g/mol. The van der Waals surface area contributed by atoms with Crippen molar-refractivity contribution in [1.29, 1.82) is 0 Å². The lowest BCUT2D eigenvalue weighted by Crippen LogP contribution is -2.04. The number of carbonyl (C=O) groups is 1. The van der Waals surface area contributed by atoms with Crippen LogP contribution in [-0.4, -0.2) is 23.2 Å². The van der Waals surface area contributed by atoms with E-state index in [1.54, 1.807) is 18.2 Å². The lowest BCUT2D eigenvalue weighted by Gasteiger charge is -2.05. The highest BCUT2D eigenvalue weighted by Gasteiger charge is 2.15. The van der Waals surface area contributed by atoms with Gasteiger partial charge in [0.05, 0.1) is 7.11 Å². The predicted molar refractivity (Wildman–Crippen MR) is 71.1 cm³/mol. The molecular weight excluding hydrogens is 254 g/mol. The first-order valence-electron chi connectivity index (χ1n) is 5.49. The summed E-state index contributed by atoms with van der Waals surface area (Å²) in [7, 11) is 1.23. The summed E-state index contributed by atoms with van der Waals surface area (Å²) in [6, 6.07) is 4.97. The van der Waals surface area contributed by atoms with Crippen molar-refractivity contribution in [2.45, 2.75) is 13.8 Å². The molecule has 0 aliphatic heterocycles. The van der Waals surface area contributed by atoms with E-state index in [2.05, 4.69) is 9.72 Å². The van der Waals surface area contributed by atoms with Crippen LogP contribution in [0.25, 0.3) is 10.8 Å². The molecule has 0 saturated heterocycles. The number of ether oxygens (including phenoxy) is 1. The smallest absolute Gasteiger partial charge is 0.360 e. The largest absolute Gasteiger partial charge is 0.505 e. The molecular formula is C13H14ClNO3. The van der Waals surface area contributed by atoms with Gasteiger partial charge in [-0.25, -0.2) is 9.78 Å². The van der Waals surface area contributed by atoms with Crippen molar-refractivity contribution in [3.05, 3.63) is 35.1 Å². The van der Waals surface area contributed by atoms with E-state index in [-0.39, 0.29) is 11.4 Å². The highest BCUT2D eigenvalue weighted by Crippen LogP contribution is 2.29. The molecule has 96 valence electrons. The number of aromatic nitrogens is 1. The van der Waals surface area contributed by atoms with Gasteiger partial charge in [-0.15, -0.1) is 0 Å². The van der Waals surface area contributed by atoms with E-state index < -0.39 is 5.97 Å². The Labute approximate surface area is 110 Å². The van der Waals surface area contributed by atoms with Crippen LogP contribution in [-0.2, 0) is 4.74 Å². The standard InChI is InChI=1S/C11H8ClNO3.C2H6/c1-16-11(15)9-10(14)8-4-7(12)3-2-6(8)5-13-9;1-2/h2-5,14H,1H3;1-2H3.